The molecule has 1 heterocycles. The zero-order valence-electron chi connectivity index (χ0n) is 26.9. The molecule has 0 spiro atoms. The van der Waals surface area contributed by atoms with E-state index in [1.54, 1.807) is 13.1 Å². The fourth-order valence-corrected chi connectivity index (χ4v) is 7.10. The maximum absolute atomic E-state index is 15.0. The first-order chi connectivity index (χ1) is 20.3. The van der Waals surface area contributed by atoms with E-state index in [1.165, 1.54) is 35.2 Å². The summed E-state index contributed by atoms with van der Waals surface area (Å²) in [6, 6.07) is 2.50. The summed E-state index contributed by atoms with van der Waals surface area (Å²) < 4.78 is 43.5. The highest BCUT2D eigenvalue weighted by Crippen LogP contribution is 2.34. The third kappa shape index (κ3) is 9.42. The maximum atomic E-state index is 15.0. The molecule has 1 aromatic carbocycles. The largest absolute Gasteiger partial charge is 0.372 e. The lowest BCUT2D eigenvalue weighted by Gasteiger charge is -2.32. The van der Waals surface area contributed by atoms with Crippen LogP contribution in [0.2, 0.25) is 5.02 Å². The van der Waals surface area contributed by atoms with Crippen LogP contribution >= 0.6 is 11.6 Å². The lowest BCUT2D eigenvalue weighted by Crippen LogP contribution is -2.26. The van der Waals surface area contributed by atoms with Crippen molar-refractivity contribution in [2.24, 2.45) is 11.3 Å². The van der Waals surface area contributed by atoms with Crippen molar-refractivity contribution in [3.05, 3.63) is 64.4 Å². The van der Waals surface area contributed by atoms with Gasteiger partial charge in [0.05, 0.1) is 22.7 Å². The molecule has 0 saturated heterocycles. The summed E-state index contributed by atoms with van der Waals surface area (Å²) in [6.45, 7) is 17.4. The van der Waals surface area contributed by atoms with Crippen molar-refractivity contribution < 1.29 is 12.8 Å². The monoisotopic (exact) mass is 633 g/mol. The number of anilines is 1. The Bertz CT molecular complexity index is 1440. The molecule has 0 bridgehead atoms. The number of allylic oxidation sites excluding steroid dienone is 5. The van der Waals surface area contributed by atoms with Crippen molar-refractivity contribution in [2.45, 2.75) is 93.4 Å². The molecule has 1 atom stereocenters. The van der Waals surface area contributed by atoms with Crippen LogP contribution in [-0.2, 0) is 10.0 Å². The molecule has 0 radical (unpaired) electrons. The smallest absolute Gasteiger partial charge is 0.232 e. The van der Waals surface area contributed by atoms with Crippen LogP contribution in [0.1, 0.15) is 99.1 Å². The standard InChI is InChI=1S/C33H49ClFN5O2S/c1-8-18-39(19-12-13-26(11-4)33(5,6)7)27-21-24(10-3)14-15-25(22-27)30-23-40(38-36-30)32-28(35)16-17-29(31(32)34)37-43(41,42)20-9-2/h15-17,21-23,26,37H,8-14,18-20H2,1-7H3. The number of hydrogen-bond donors (Lipinski definition) is 1. The highest BCUT2D eigenvalue weighted by molar-refractivity contribution is 7.92. The van der Waals surface area contributed by atoms with E-state index < -0.39 is 15.8 Å². The predicted molar refractivity (Wildman–Crippen MR) is 177 cm³/mol. The molecule has 1 unspecified atom stereocenters. The van der Waals surface area contributed by atoms with E-state index >= 15 is 4.39 Å². The zero-order valence-corrected chi connectivity index (χ0v) is 28.5. The molecular formula is C33H49ClFN5O2S. The average molecular weight is 634 g/mol. The van der Waals surface area contributed by atoms with Gasteiger partial charge in [-0.3, -0.25) is 4.72 Å². The van der Waals surface area contributed by atoms with Gasteiger partial charge in [-0.2, -0.15) is 0 Å². The van der Waals surface area contributed by atoms with Crippen LogP contribution in [0.3, 0.4) is 0 Å². The summed E-state index contributed by atoms with van der Waals surface area (Å²) in [5.41, 5.74) is 4.31. The van der Waals surface area contributed by atoms with Gasteiger partial charge in [-0.25, -0.2) is 17.5 Å². The van der Waals surface area contributed by atoms with E-state index in [1.807, 2.05) is 0 Å². The molecule has 7 nitrogen and oxygen atoms in total. The Morgan fingerprint density at radius 1 is 1.12 bits per heavy atom. The molecule has 1 N–H and O–H groups in total. The molecule has 10 heteroatoms. The van der Waals surface area contributed by atoms with E-state index in [4.69, 9.17) is 11.6 Å². The molecule has 1 aliphatic rings. The highest BCUT2D eigenvalue weighted by atomic mass is 35.5. The van der Waals surface area contributed by atoms with Gasteiger partial charge < -0.3 is 4.90 Å². The summed E-state index contributed by atoms with van der Waals surface area (Å²) in [5.74, 6) is -0.0139. The summed E-state index contributed by atoms with van der Waals surface area (Å²) in [6.07, 6.45) is 14.9. The van der Waals surface area contributed by atoms with Gasteiger partial charge in [0.25, 0.3) is 0 Å². The van der Waals surface area contributed by atoms with Crippen LogP contribution in [0, 0.1) is 17.2 Å². The first-order valence-electron chi connectivity index (χ1n) is 15.6. The number of rotatable bonds is 15. The van der Waals surface area contributed by atoms with Gasteiger partial charge >= 0.3 is 0 Å². The Morgan fingerprint density at radius 2 is 1.86 bits per heavy atom. The van der Waals surface area contributed by atoms with Crippen molar-refractivity contribution in [1.29, 1.82) is 0 Å². The number of benzene rings is 1. The van der Waals surface area contributed by atoms with E-state index in [0.29, 0.717) is 23.4 Å². The Balaban J connectivity index is 1.93. The van der Waals surface area contributed by atoms with Crippen LogP contribution in [0.4, 0.5) is 10.1 Å². The molecule has 0 amide bonds. The molecule has 0 fully saturated rings. The average Bonchev–Trinajstić information content (AvgIpc) is 3.30. The lowest BCUT2D eigenvalue weighted by atomic mass is 9.76. The van der Waals surface area contributed by atoms with E-state index in [2.05, 4.69) is 79.7 Å². The van der Waals surface area contributed by atoms with Crippen molar-refractivity contribution in [2.75, 3.05) is 23.6 Å². The number of sulfonamides is 1. The van der Waals surface area contributed by atoms with E-state index in [0.717, 1.165) is 50.0 Å². The fraction of sp³-hybridized carbons (Fsp3) is 0.576. The van der Waals surface area contributed by atoms with Gasteiger partial charge in [-0.15, -0.1) is 5.10 Å². The second-order valence-electron chi connectivity index (χ2n) is 12.4. The normalized spacial score (nSPS) is 15.0. The molecular weight excluding hydrogens is 585 g/mol. The van der Waals surface area contributed by atoms with Gasteiger partial charge in [0, 0.05) is 24.4 Å². The zero-order chi connectivity index (χ0) is 31.8. The van der Waals surface area contributed by atoms with Gasteiger partial charge in [0.1, 0.15) is 11.4 Å². The Labute approximate surface area is 263 Å². The van der Waals surface area contributed by atoms with Crippen LogP contribution in [0.15, 0.2) is 47.8 Å². The van der Waals surface area contributed by atoms with Crippen molar-refractivity contribution in [1.82, 2.24) is 19.9 Å². The molecule has 43 heavy (non-hydrogen) atoms. The van der Waals surface area contributed by atoms with Crippen molar-refractivity contribution in [3.8, 4) is 5.69 Å². The van der Waals surface area contributed by atoms with E-state index in [9.17, 15) is 8.42 Å². The first kappa shape index (κ1) is 34.8. The SMILES string of the molecule is CCCN(CCCC(CC)C(C)(C)C)C1=CC(c2cn(-c3c(F)ccc(NS(=O)(=O)CCC)c3Cl)nn2)=CCC(CC)=C1. The van der Waals surface area contributed by atoms with Crippen LogP contribution in [0.25, 0.3) is 11.3 Å². The Kier molecular flexibility index (Phi) is 12.5. The molecule has 0 aliphatic heterocycles. The van der Waals surface area contributed by atoms with Gasteiger partial charge in [0.15, 0.2) is 5.82 Å². The summed E-state index contributed by atoms with van der Waals surface area (Å²) in [5, 5.41) is 8.50. The molecule has 1 aromatic heterocycles. The van der Waals surface area contributed by atoms with Crippen LogP contribution < -0.4 is 4.72 Å². The molecule has 0 saturated carbocycles. The topological polar surface area (TPSA) is 80.1 Å². The quantitative estimate of drug-likeness (QED) is 0.212. The summed E-state index contributed by atoms with van der Waals surface area (Å²) in [7, 11) is -3.61. The Hall–Kier alpha value is -2.65. The minimum Gasteiger partial charge on any atom is -0.372 e. The number of nitrogens with zero attached hydrogens (tertiary/aromatic N) is 4. The Morgan fingerprint density at radius 3 is 2.49 bits per heavy atom. The number of aromatic nitrogens is 3. The minimum absolute atomic E-state index is 0.0557. The van der Waals surface area contributed by atoms with Gasteiger partial charge in [0.2, 0.25) is 10.0 Å². The molecule has 3 rings (SSSR count). The van der Waals surface area contributed by atoms with Gasteiger partial charge in [-0.1, -0.05) is 83.4 Å². The van der Waals surface area contributed by atoms with Crippen molar-refractivity contribution >= 4 is 32.9 Å². The van der Waals surface area contributed by atoms with Crippen LogP contribution in [0.5, 0.6) is 0 Å². The molecule has 1 aliphatic carbocycles. The molecule has 2 aromatic rings. The fourth-order valence-electron chi connectivity index (χ4n) is 5.62. The minimum atomic E-state index is -3.61. The number of hydrogen-bond acceptors (Lipinski definition) is 5. The predicted octanol–water partition coefficient (Wildman–Crippen LogP) is 8.78. The summed E-state index contributed by atoms with van der Waals surface area (Å²) in [4.78, 5) is 2.47. The molecule has 238 valence electrons. The second-order valence-corrected chi connectivity index (χ2v) is 14.6. The van der Waals surface area contributed by atoms with Crippen LogP contribution in [-0.4, -0.2) is 47.2 Å². The third-order valence-corrected chi connectivity index (χ3v) is 9.93. The van der Waals surface area contributed by atoms with Gasteiger partial charge in [-0.05, 0) is 74.1 Å². The first-order valence-corrected chi connectivity index (χ1v) is 17.6. The number of halogens is 2. The van der Waals surface area contributed by atoms with E-state index in [-0.39, 0.29) is 22.2 Å². The summed E-state index contributed by atoms with van der Waals surface area (Å²) >= 11 is 6.53. The maximum Gasteiger partial charge on any atom is 0.232 e. The third-order valence-electron chi connectivity index (χ3n) is 8.07. The van der Waals surface area contributed by atoms with Crippen molar-refractivity contribution in [3.63, 3.8) is 0 Å². The highest BCUT2D eigenvalue weighted by Gasteiger charge is 2.23. The lowest BCUT2D eigenvalue weighted by molar-refractivity contribution is 0.205. The number of nitrogens with one attached hydrogen (secondary N) is 1. The second kappa shape index (κ2) is 15.4.